The lowest BCUT2D eigenvalue weighted by Gasteiger charge is -2.18. The Bertz CT molecular complexity index is 3980. The van der Waals surface area contributed by atoms with Gasteiger partial charge < -0.3 is 8.83 Å². The molecule has 0 saturated heterocycles. The molecule has 13 aromatic rings. The zero-order chi connectivity index (χ0) is 47.8. The van der Waals surface area contributed by atoms with Crippen molar-refractivity contribution in [2.75, 3.05) is 0 Å². The van der Waals surface area contributed by atoms with Crippen LogP contribution in [-0.4, -0.2) is 15.0 Å². The van der Waals surface area contributed by atoms with E-state index in [2.05, 4.69) is 174 Å². The van der Waals surface area contributed by atoms with Gasteiger partial charge >= 0.3 is 0 Å². The predicted octanol–water partition coefficient (Wildman–Crippen LogP) is 17.2. The van der Waals surface area contributed by atoms with Crippen molar-refractivity contribution in [1.82, 2.24) is 15.0 Å². The van der Waals surface area contributed by atoms with Gasteiger partial charge in [0.05, 0.1) is 11.4 Å². The van der Waals surface area contributed by atoms with E-state index in [0.29, 0.717) is 0 Å². The second kappa shape index (κ2) is 18.6. The van der Waals surface area contributed by atoms with Crippen LogP contribution in [0.4, 0.5) is 0 Å². The Morgan fingerprint density at radius 1 is 0.278 bits per heavy atom. The number of aryl methyl sites for hydroxylation is 4. The Morgan fingerprint density at radius 3 is 1.46 bits per heavy atom. The maximum atomic E-state index is 6.55. The molecule has 72 heavy (non-hydrogen) atoms. The molecule has 0 aliphatic heterocycles. The van der Waals surface area contributed by atoms with Crippen molar-refractivity contribution in [1.29, 1.82) is 0 Å². The number of rotatable bonds is 12. The maximum absolute atomic E-state index is 6.55. The van der Waals surface area contributed by atoms with Gasteiger partial charge in [0.25, 0.3) is 0 Å². The van der Waals surface area contributed by atoms with Crippen LogP contribution in [0.15, 0.2) is 246 Å². The number of hydrogen-bond acceptors (Lipinski definition) is 5. The third kappa shape index (κ3) is 8.31. The summed E-state index contributed by atoms with van der Waals surface area (Å²) in [4.78, 5) is 14.1. The molecule has 342 valence electrons. The van der Waals surface area contributed by atoms with Gasteiger partial charge in [-0.15, -0.1) is 0 Å². The Hall–Kier alpha value is -9.19. The monoisotopic (exact) mass is 925 g/mol. The average Bonchev–Trinajstić information content (AvgIpc) is 4.03. The van der Waals surface area contributed by atoms with Gasteiger partial charge in [-0.3, -0.25) is 15.0 Å². The highest BCUT2D eigenvalue weighted by Crippen LogP contribution is 2.44. The van der Waals surface area contributed by atoms with E-state index in [1.54, 1.807) is 0 Å². The zero-order valence-corrected chi connectivity index (χ0v) is 39.5. The smallest absolute Gasteiger partial charge is 0.161 e. The summed E-state index contributed by atoms with van der Waals surface area (Å²) in [6, 6.07) is 77.9. The lowest BCUT2D eigenvalue weighted by molar-refractivity contribution is 0.668. The molecule has 5 heterocycles. The fourth-order valence-electron chi connectivity index (χ4n) is 10.4. The van der Waals surface area contributed by atoms with Crippen molar-refractivity contribution in [2.45, 2.75) is 25.7 Å². The molecule has 0 atom stereocenters. The van der Waals surface area contributed by atoms with Crippen molar-refractivity contribution in [3.05, 3.63) is 259 Å². The van der Waals surface area contributed by atoms with Crippen LogP contribution in [-0.2, 0) is 25.7 Å². The molecule has 0 fully saturated rings. The summed E-state index contributed by atoms with van der Waals surface area (Å²) in [5.74, 6) is 0. The summed E-state index contributed by atoms with van der Waals surface area (Å²) in [6.07, 6.45) is 9.24. The lowest BCUT2D eigenvalue weighted by Crippen LogP contribution is -1.98. The molecule has 0 saturated carbocycles. The van der Waals surface area contributed by atoms with Crippen molar-refractivity contribution in [3.63, 3.8) is 0 Å². The third-order valence-electron chi connectivity index (χ3n) is 14.1. The van der Waals surface area contributed by atoms with Gasteiger partial charge in [-0.05, 0) is 142 Å². The molecule has 0 spiro atoms. The van der Waals surface area contributed by atoms with Crippen molar-refractivity contribution in [2.24, 2.45) is 0 Å². The number of furan rings is 2. The molecule has 0 aliphatic rings. The highest BCUT2D eigenvalue weighted by atomic mass is 16.3. The summed E-state index contributed by atoms with van der Waals surface area (Å²) < 4.78 is 13.1. The van der Waals surface area contributed by atoms with Crippen LogP contribution in [0.3, 0.4) is 0 Å². The summed E-state index contributed by atoms with van der Waals surface area (Å²) >= 11 is 0. The molecule has 5 aromatic heterocycles. The number of para-hydroxylation sites is 2. The standard InChI is InChI=1S/C67H47N3O2/c1-2-12-54(55-33-32-51(66-67-59(35-38-70-66)57-14-4-6-18-64(57)72-67)42-60(55)50-31-34-58-56-13-3-5-17-63(56)71-65(58)43-50)53(11-1)52-40-46(21-19-44-23-27-48(28-24-44)61-15-7-9-36-68-61)39-47(41-52)22-20-45-25-29-49(30-26-45)62-16-8-10-37-69-62/h1-18,23-43H,19-22H2. The fraction of sp³-hybridized carbons (Fsp3) is 0.0597. The van der Waals surface area contributed by atoms with Gasteiger partial charge in [-0.25, -0.2) is 0 Å². The molecule has 0 amide bonds. The highest BCUT2D eigenvalue weighted by Gasteiger charge is 2.20. The number of nitrogens with zero attached hydrogens (tertiary/aromatic N) is 3. The first-order chi connectivity index (χ1) is 35.6. The largest absolute Gasteiger partial charge is 0.456 e. The van der Waals surface area contributed by atoms with E-state index in [0.717, 1.165) is 126 Å². The Balaban J connectivity index is 0.910. The molecule has 13 rings (SSSR count). The molecule has 0 N–H and O–H groups in total. The lowest BCUT2D eigenvalue weighted by atomic mass is 9.86. The molecule has 5 heteroatoms. The van der Waals surface area contributed by atoms with Crippen LogP contribution in [0.2, 0.25) is 0 Å². The predicted molar refractivity (Wildman–Crippen MR) is 295 cm³/mol. The van der Waals surface area contributed by atoms with Crippen molar-refractivity contribution in [3.8, 4) is 67.2 Å². The zero-order valence-electron chi connectivity index (χ0n) is 39.5. The van der Waals surface area contributed by atoms with Crippen LogP contribution < -0.4 is 0 Å². The molecule has 0 bridgehead atoms. The molecule has 0 unspecified atom stereocenters. The minimum Gasteiger partial charge on any atom is -0.456 e. The summed E-state index contributed by atoms with van der Waals surface area (Å²) in [6.45, 7) is 0. The third-order valence-corrected chi connectivity index (χ3v) is 14.1. The van der Waals surface area contributed by atoms with Crippen molar-refractivity contribution < 1.29 is 8.83 Å². The molecular weight excluding hydrogens is 879 g/mol. The number of pyridine rings is 3. The van der Waals surface area contributed by atoms with Gasteiger partial charge in [0.1, 0.15) is 22.4 Å². The van der Waals surface area contributed by atoms with Gasteiger partial charge in [0.15, 0.2) is 5.58 Å². The van der Waals surface area contributed by atoms with E-state index in [1.807, 2.05) is 73.2 Å². The van der Waals surface area contributed by atoms with E-state index in [1.165, 1.54) is 33.4 Å². The van der Waals surface area contributed by atoms with Gasteiger partial charge in [0.2, 0.25) is 0 Å². The number of aromatic nitrogens is 3. The molecule has 0 radical (unpaired) electrons. The Labute approximate surface area is 417 Å². The quantitative estimate of drug-likeness (QED) is 0.122. The van der Waals surface area contributed by atoms with E-state index < -0.39 is 0 Å². The minimum absolute atomic E-state index is 0.781. The maximum Gasteiger partial charge on any atom is 0.161 e. The van der Waals surface area contributed by atoms with E-state index in [9.17, 15) is 0 Å². The summed E-state index contributed by atoms with van der Waals surface area (Å²) in [5.41, 5.74) is 21.4. The molecule has 5 nitrogen and oxygen atoms in total. The topological polar surface area (TPSA) is 65.0 Å². The second-order valence-electron chi connectivity index (χ2n) is 18.6. The first kappa shape index (κ1) is 42.9. The SMILES string of the molecule is c1ccc(-c2ccc(CCc3cc(CCc4ccc(-c5ccccn5)cc4)cc(-c4ccccc4-c4ccc(-c5nccc6c5oc5ccccc56)cc4-c4ccc5c(c4)oc4ccccc45)c3)cc2)nc1. The second-order valence-corrected chi connectivity index (χ2v) is 18.6. The number of fused-ring (bicyclic) bond motifs is 6. The molecule has 8 aromatic carbocycles. The molecule has 0 aliphatic carbocycles. The minimum atomic E-state index is 0.781. The van der Waals surface area contributed by atoms with Gasteiger partial charge in [-0.1, -0.05) is 158 Å². The normalized spacial score (nSPS) is 11.6. The van der Waals surface area contributed by atoms with Gasteiger partial charge in [0, 0.05) is 56.8 Å². The van der Waals surface area contributed by atoms with E-state index >= 15 is 0 Å². The first-order valence-corrected chi connectivity index (χ1v) is 24.7. The van der Waals surface area contributed by atoms with Crippen molar-refractivity contribution >= 4 is 43.9 Å². The van der Waals surface area contributed by atoms with Crippen LogP contribution in [0.1, 0.15) is 22.3 Å². The first-order valence-electron chi connectivity index (χ1n) is 24.7. The average molecular weight is 926 g/mol. The fourth-order valence-corrected chi connectivity index (χ4v) is 10.4. The molecular formula is C67H47N3O2. The highest BCUT2D eigenvalue weighted by molar-refractivity contribution is 6.10. The van der Waals surface area contributed by atoms with Crippen LogP contribution >= 0.6 is 0 Å². The van der Waals surface area contributed by atoms with E-state index in [4.69, 9.17) is 13.8 Å². The summed E-state index contributed by atoms with van der Waals surface area (Å²) in [5, 5.41) is 4.33. The Morgan fingerprint density at radius 2 is 0.806 bits per heavy atom. The van der Waals surface area contributed by atoms with Gasteiger partial charge in [-0.2, -0.15) is 0 Å². The number of hydrogen-bond donors (Lipinski definition) is 0. The summed E-state index contributed by atoms with van der Waals surface area (Å²) in [7, 11) is 0. The van der Waals surface area contributed by atoms with Crippen LogP contribution in [0, 0.1) is 0 Å². The Kier molecular flexibility index (Phi) is 11.1. The van der Waals surface area contributed by atoms with E-state index in [-0.39, 0.29) is 0 Å². The van der Waals surface area contributed by atoms with Crippen LogP contribution in [0.25, 0.3) is 111 Å². The van der Waals surface area contributed by atoms with Crippen LogP contribution in [0.5, 0.6) is 0 Å². The number of benzene rings is 8.